The number of sulfonamides is 1. The standard InChI is InChI=1S/C10H24N2O2S/c1-4-6-7-10(3)11-8-9-12-15(13,14)5-2/h10-12H,4-9H2,1-3H3. The van der Waals surface area contributed by atoms with Gasteiger partial charge in [0.05, 0.1) is 5.75 Å². The number of rotatable bonds is 9. The van der Waals surface area contributed by atoms with Crippen molar-refractivity contribution in [3.63, 3.8) is 0 Å². The maximum Gasteiger partial charge on any atom is 0.211 e. The van der Waals surface area contributed by atoms with Crippen molar-refractivity contribution in [2.24, 2.45) is 0 Å². The Labute approximate surface area is 93.9 Å². The van der Waals surface area contributed by atoms with Gasteiger partial charge in [0.1, 0.15) is 0 Å². The van der Waals surface area contributed by atoms with Crippen molar-refractivity contribution in [3.8, 4) is 0 Å². The van der Waals surface area contributed by atoms with Crippen molar-refractivity contribution < 1.29 is 8.42 Å². The van der Waals surface area contributed by atoms with Crippen LogP contribution in [-0.4, -0.2) is 33.3 Å². The molecule has 0 saturated heterocycles. The van der Waals surface area contributed by atoms with Crippen molar-refractivity contribution in [2.75, 3.05) is 18.8 Å². The van der Waals surface area contributed by atoms with Crippen molar-refractivity contribution in [2.45, 2.75) is 46.1 Å². The molecule has 0 heterocycles. The van der Waals surface area contributed by atoms with Crippen LogP contribution in [0.25, 0.3) is 0 Å². The summed E-state index contributed by atoms with van der Waals surface area (Å²) in [6.45, 7) is 7.11. The Balaban J connectivity index is 3.46. The Morgan fingerprint density at radius 1 is 1.20 bits per heavy atom. The van der Waals surface area contributed by atoms with Gasteiger partial charge in [0, 0.05) is 19.1 Å². The van der Waals surface area contributed by atoms with E-state index in [9.17, 15) is 8.42 Å². The Hall–Kier alpha value is -0.130. The Morgan fingerprint density at radius 2 is 1.87 bits per heavy atom. The number of hydrogen-bond acceptors (Lipinski definition) is 3. The molecule has 1 atom stereocenters. The third kappa shape index (κ3) is 8.84. The highest BCUT2D eigenvalue weighted by atomic mass is 32.2. The Bertz CT molecular complexity index is 240. The summed E-state index contributed by atoms with van der Waals surface area (Å²) in [6.07, 6.45) is 3.57. The Morgan fingerprint density at radius 3 is 2.40 bits per heavy atom. The molecular weight excluding hydrogens is 212 g/mol. The van der Waals surface area contributed by atoms with E-state index < -0.39 is 10.0 Å². The van der Waals surface area contributed by atoms with Crippen molar-refractivity contribution in [1.82, 2.24) is 10.0 Å². The summed E-state index contributed by atoms with van der Waals surface area (Å²) in [7, 11) is -3.02. The molecule has 2 N–H and O–H groups in total. The fourth-order valence-electron chi connectivity index (χ4n) is 1.24. The van der Waals surface area contributed by atoms with Crippen LogP contribution in [0.3, 0.4) is 0 Å². The van der Waals surface area contributed by atoms with E-state index in [-0.39, 0.29) is 5.75 Å². The van der Waals surface area contributed by atoms with Crippen LogP contribution in [0.15, 0.2) is 0 Å². The van der Waals surface area contributed by atoms with Gasteiger partial charge < -0.3 is 5.32 Å². The van der Waals surface area contributed by atoms with E-state index in [0.29, 0.717) is 19.1 Å². The van der Waals surface area contributed by atoms with Gasteiger partial charge in [0.25, 0.3) is 0 Å². The third-order valence-electron chi connectivity index (χ3n) is 2.31. The molecule has 0 amide bonds. The number of hydrogen-bond donors (Lipinski definition) is 2. The van der Waals surface area contributed by atoms with Crippen LogP contribution in [0.2, 0.25) is 0 Å². The van der Waals surface area contributed by atoms with E-state index in [1.807, 2.05) is 0 Å². The van der Waals surface area contributed by atoms with E-state index in [1.165, 1.54) is 12.8 Å². The van der Waals surface area contributed by atoms with E-state index in [4.69, 9.17) is 0 Å². The highest BCUT2D eigenvalue weighted by Crippen LogP contribution is 1.98. The molecule has 0 saturated carbocycles. The summed E-state index contributed by atoms with van der Waals surface area (Å²) in [6, 6.07) is 0.469. The predicted molar refractivity (Wildman–Crippen MR) is 64.5 cm³/mol. The van der Waals surface area contributed by atoms with Gasteiger partial charge in [-0.2, -0.15) is 0 Å². The van der Waals surface area contributed by atoms with Crippen LogP contribution in [0.4, 0.5) is 0 Å². The summed E-state index contributed by atoms with van der Waals surface area (Å²) in [5.74, 6) is 0.151. The lowest BCUT2D eigenvalue weighted by atomic mass is 10.1. The maximum absolute atomic E-state index is 11.1. The minimum absolute atomic E-state index is 0.151. The summed E-state index contributed by atoms with van der Waals surface area (Å²) < 4.78 is 24.7. The van der Waals surface area contributed by atoms with Gasteiger partial charge in [-0.05, 0) is 20.3 Å². The zero-order valence-corrected chi connectivity index (χ0v) is 10.9. The van der Waals surface area contributed by atoms with Crippen LogP contribution >= 0.6 is 0 Å². The lowest BCUT2D eigenvalue weighted by Gasteiger charge is -2.13. The van der Waals surface area contributed by atoms with Gasteiger partial charge in [0.15, 0.2) is 0 Å². The minimum atomic E-state index is -3.02. The molecule has 0 fully saturated rings. The molecule has 0 radical (unpaired) electrons. The summed E-state index contributed by atoms with van der Waals surface area (Å²) in [4.78, 5) is 0. The second kappa shape index (κ2) is 8.07. The molecule has 0 aliphatic rings. The first-order chi connectivity index (χ1) is 7.02. The van der Waals surface area contributed by atoms with E-state index in [2.05, 4.69) is 23.9 Å². The molecule has 0 aliphatic carbocycles. The molecule has 4 nitrogen and oxygen atoms in total. The molecule has 0 aromatic heterocycles. The first-order valence-electron chi connectivity index (χ1n) is 5.72. The van der Waals surface area contributed by atoms with Crippen molar-refractivity contribution >= 4 is 10.0 Å². The van der Waals surface area contributed by atoms with Crippen molar-refractivity contribution in [3.05, 3.63) is 0 Å². The average molecular weight is 236 g/mol. The predicted octanol–water partition coefficient (Wildman–Crippen LogP) is 1.09. The lowest BCUT2D eigenvalue weighted by Crippen LogP contribution is -2.36. The molecule has 0 bridgehead atoms. The SMILES string of the molecule is CCCCC(C)NCCNS(=O)(=O)CC. The molecule has 0 rings (SSSR count). The summed E-state index contributed by atoms with van der Waals surface area (Å²) in [5.41, 5.74) is 0. The minimum Gasteiger partial charge on any atom is -0.313 e. The average Bonchev–Trinajstić information content (AvgIpc) is 2.21. The van der Waals surface area contributed by atoms with Crippen molar-refractivity contribution in [1.29, 1.82) is 0 Å². The number of nitrogens with one attached hydrogen (secondary N) is 2. The van der Waals surface area contributed by atoms with Crippen LogP contribution < -0.4 is 10.0 Å². The van der Waals surface area contributed by atoms with Crippen LogP contribution in [0.1, 0.15) is 40.0 Å². The fraction of sp³-hybridized carbons (Fsp3) is 1.00. The van der Waals surface area contributed by atoms with Gasteiger partial charge in [-0.25, -0.2) is 13.1 Å². The van der Waals surface area contributed by atoms with E-state index >= 15 is 0 Å². The zero-order valence-electron chi connectivity index (χ0n) is 10.0. The summed E-state index contributed by atoms with van der Waals surface area (Å²) >= 11 is 0. The van der Waals surface area contributed by atoms with E-state index in [0.717, 1.165) is 6.42 Å². The van der Waals surface area contributed by atoms with Gasteiger partial charge in [-0.3, -0.25) is 0 Å². The highest BCUT2D eigenvalue weighted by Gasteiger charge is 2.05. The van der Waals surface area contributed by atoms with E-state index in [1.54, 1.807) is 6.92 Å². The molecule has 0 aliphatic heterocycles. The quantitative estimate of drug-likeness (QED) is 0.589. The van der Waals surface area contributed by atoms with Gasteiger partial charge in [-0.15, -0.1) is 0 Å². The van der Waals surface area contributed by atoms with Crippen LogP contribution in [0.5, 0.6) is 0 Å². The molecule has 5 heteroatoms. The maximum atomic E-state index is 11.1. The highest BCUT2D eigenvalue weighted by molar-refractivity contribution is 7.89. The second-order valence-corrected chi connectivity index (χ2v) is 5.89. The molecule has 0 aromatic rings. The molecule has 1 unspecified atom stereocenters. The monoisotopic (exact) mass is 236 g/mol. The fourth-order valence-corrected chi connectivity index (χ4v) is 1.86. The molecular formula is C10H24N2O2S. The van der Waals surface area contributed by atoms with Gasteiger partial charge >= 0.3 is 0 Å². The van der Waals surface area contributed by atoms with Crippen LogP contribution in [-0.2, 0) is 10.0 Å². The lowest BCUT2D eigenvalue weighted by molar-refractivity contribution is 0.495. The smallest absolute Gasteiger partial charge is 0.211 e. The molecule has 0 aromatic carbocycles. The normalized spacial score (nSPS) is 14.1. The topological polar surface area (TPSA) is 58.2 Å². The first kappa shape index (κ1) is 14.9. The second-order valence-electron chi connectivity index (χ2n) is 3.80. The summed E-state index contributed by atoms with van der Waals surface area (Å²) in [5, 5.41) is 3.29. The third-order valence-corrected chi connectivity index (χ3v) is 3.71. The zero-order chi connectivity index (χ0) is 11.7. The van der Waals surface area contributed by atoms with Gasteiger partial charge in [-0.1, -0.05) is 19.8 Å². The first-order valence-corrected chi connectivity index (χ1v) is 7.37. The molecule has 92 valence electrons. The van der Waals surface area contributed by atoms with Gasteiger partial charge in [0.2, 0.25) is 10.0 Å². The number of unbranched alkanes of at least 4 members (excludes halogenated alkanes) is 1. The molecule has 15 heavy (non-hydrogen) atoms. The van der Waals surface area contributed by atoms with Crippen LogP contribution in [0, 0.1) is 0 Å². The Kier molecular flexibility index (Phi) is 8.00. The molecule has 0 spiro atoms. The largest absolute Gasteiger partial charge is 0.313 e.